The lowest BCUT2D eigenvalue weighted by Crippen LogP contribution is -2.49. The van der Waals surface area contributed by atoms with Crippen LogP contribution in [0, 0.1) is 17.8 Å². The van der Waals surface area contributed by atoms with E-state index in [0.29, 0.717) is 50.6 Å². The molecule has 14 N–H and O–H groups in total. The van der Waals surface area contributed by atoms with Gasteiger partial charge in [-0.3, -0.25) is 4.79 Å². The van der Waals surface area contributed by atoms with Crippen LogP contribution in [0.3, 0.4) is 0 Å². The van der Waals surface area contributed by atoms with Gasteiger partial charge in [0.25, 0.3) is 0 Å². The van der Waals surface area contributed by atoms with E-state index in [4.69, 9.17) is 42.3 Å². The van der Waals surface area contributed by atoms with E-state index < -0.39 is 47.0 Å². The topological polar surface area (TPSA) is 364 Å². The van der Waals surface area contributed by atoms with Crippen molar-refractivity contribution in [3.63, 3.8) is 0 Å². The molecule has 145 heavy (non-hydrogen) atoms. The number of nitrogens with one attached hydrogen (secondary N) is 5. The van der Waals surface area contributed by atoms with Crippen molar-refractivity contribution in [2.24, 2.45) is 40.7 Å². The second-order valence-corrected chi connectivity index (χ2v) is 43.3. The van der Waals surface area contributed by atoms with Crippen LogP contribution in [0.2, 0.25) is 0 Å². The highest BCUT2D eigenvalue weighted by atomic mass is 128. The highest BCUT2D eigenvalue weighted by Gasteiger charge is 2.32. The van der Waals surface area contributed by atoms with Gasteiger partial charge in [-0.2, -0.15) is 0 Å². The number of rotatable bonds is 45. The maximum absolute atomic E-state index is 13.9. The number of carboxylic acids is 1. The molecule has 24 nitrogen and oxygen atoms in total. The summed E-state index contributed by atoms with van der Waals surface area (Å²) in [6.45, 7) is 33.3. The molecule has 7 amide bonds. The van der Waals surface area contributed by atoms with Crippen molar-refractivity contribution in [1.82, 2.24) is 46.4 Å². The summed E-state index contributed by atoms with van der Waals surface area (Å²) in [5.41, 5.74) is 34.8. The van der Waals surface area contributed by atoms with E-state index in [-0.39, 0.29) is 108 Å². The third-order valence-electron chi connectivity index (χ3n) is 23.1. The van der Waals surface area contributed by atoms with Gasteiger partial charge in [0.2, 0.25) is 0 Å². The van der Waals surface area contributed by atoms with E-state index in [0.717, 1.165) is 116 Å². The summed E-state index contributed by atoms with van der Waals surface area (Å²) < 4.78 is 16.4. The highest BCUT2D eigenvalue weighted by Crippen LogP contribution is 2.27. The molecular weight excluding hydrogens is 2200 g/mol. The molecule has 0 aliphatic carbocycles. The molecule has 10 rings (SSSR count). The smallest absolute Gasteiger partial charge is 0.407 e. The number of carbonyl (C=O) groups is 7. The van der Waals surface area contributed by atoms with Gasteiger partial charge in [-0.25, -0.2) is 38.7 Å². The number of carboxylic acid groups (broad SMARTS) is 1. The lowest BCUT2D eigenvalue weighted by Gasteiger charge is -2.28. The minimum atomic E-state index is -1.03. The van der Waals surface area contributed by atoms with Crippen LogP contribution in [0.1, 0.15) is 253 Å². The number of ketones is 1. The molecule has 0 aliphatic heterocycles. The fourth-order valence-electron chi connectivity index (χ4n) is 15.8. The first-order chi connectivity index (χ1) is 68.3. The number of aromatic nitrogens is 2. The minimum Gasteiger partial charge on any atom is -0.480 e. The second kappa shape index (κ2) is 68.9. The zero-order chi connectivity index (χ0) is 106. The van der Waals surface area contributed by atoms with Crippen molar-refractivity contribution >= 4 is 126 Å². The number of Topliss-reactive ketones (excluding diaryl/α,β-unsaturated/α-hetero) is 1. The third kappa shape index (κ3) is 57.0. The first kappa shape index (κ1) is 128. The number of thiazole rings is 2. The van der Waals surface area contributed by atoms with Gasteiger partial charge >= 0.3 is 36.3 Å². The molecular formula is C116H166I3N13O11S2. The molecule has 0 aliphatic rings. The fraction of sp³-hybridized carbons (Fsp3) is 0.474. The van der Waals surface area contributed by atoms with Crippen molar-refractivity contribution in [3.05, 3.63) is 319 Å². The Morgan fingerprint density at radius 1 is 0.345 bits per heavy atom. The van der Waals surface area contributed by atoms with Crippen LogP contribution in [-0.2, 0) is 88.3 Å². The van der Waals surface area contributed by atoms with Crippen molar-refractivity contribution in [1.29, 1.82) is 0 Å². The van der Waals surface area contributed by atoms with E-state index in [1.165, 1.54) is 38.3 Å². The molecule has 0 spiro atoms. The summed E-state index contributed by atoms with van der Waals surface area (Å²) in [5.74, 6) is -0.554. The Balaban J connectivity index is 0.000000390. The predicted molar refractivity (Wildman–Crippen MR) is 623 cm³/mol. The van der Waals surface area contributed by atoms with Gasteiger partial charge in [-0.05, 0) is 227 Å². The number of benzene rings is 8. The molecule has 0 bridgehead atoms. The lowest BCUT2D eigenvalue weighted by molar-refractivity contribution is -0.140. The number of halogens is 3. The molecule has 0 saturated carbocycles. The number of nitrogens with zero attached hydrogens (tertiary/aromatic N) is 4. The van der Waals surface area contributed by atoms with E-state index in [9.17, 15) is 33.6 Å². The standard InChI is InChI=1S/C38H54N4O4S.2C23H32N2O2.C18H24N2.C14H23N3O3S.I2.HI/c1-26(2)34(41-36(44)42(8)24-32-25-47-35(39-32)27(3)4)33(43)23-30(21-28-15-11-9-12-16-28)19-20-31(22-29-17-13-10-14-18-29)40-37(45)46-38(5,6)7;2*1-23(2,3)27-22(26)25-21(17-19-12-8-5-9-13-19)15-14-20(24)16-18-10-6-4-7-11-18;19-17(13-15-7-3-1-4-8-15)11-12-18(20)14-16-9-5-2-6-10-16;1-8(2)11(13(18)19)16-14(20)17(5)6-10-7-21-12(15-10)9(3)4;1-2;/h9-18,25-27,30-31,34H,19-24H2,1-8H3,(H,40,45)(H,41,44);2*4-13,20-21H,14-17,24H2,1-3H3,(H,25,26);1-10,17-18H,11-14,19-20H2;7-9,11H,6H2,1-5H3,(H,16,20)(H,18,19);;1H/t30-,31-,34+;2*20-,21-;17-,18-;11-;;/m11110../s1. The van der Waals surface area contributed by atoms with Gasteiger partial charge in [0.1, 0.15) is 22.8 Å². The van der Waals surface area contributed by atoms with Crippen molar-refractivity contribution < 1.29 is 52.9 Å². The van der Waals surface area contributed by atoms with Gasteiger partial charge in [0.05, 0.1) is 40.5 Å². The Kier molecular flexibility index (Phi) is 60.8. The Hall–Kier alpha value is -9.46. The van der Waals surface area contributed by atoms with Crippen LogP contribution >= 0.6 is 83.9 Å². The average molecular weight is 2360 g/mol. The normalized spacial score (nSPS) is 13.2. The number of nitrogens with two attached hydrogens (primary N) is 4. The van der Waals surface area contributed by atoms with E-state index >= 15 is 0 Å². The molecule has 0 fully saturated rings. The summed E-state index contributed by atoms with van der Waals surface area (Å²) in [4.78, 5) is 99.7. The Morgan fingerprint density at radius 3 is 0.800 bits per heavy atom. The van der Waals surface area contributed by atoms with Crippen LogP contribution in [-0.4, -0.2) is 152 Å². The lowest BCUT2D eigenvalue weighted by atomic mass is 9.85. The van der Waals surface area contributed by atoms with E-state index in [1.54, 1.807) is 55.5 Å². The predicted octanol–water partition coefficient (Wildman–Crippen LogP) is 24.9. The molecule has 10 atom stereocenters. The highest BCUT2D eigenvalue weighted by molar-refractivity contribution is 15.0. The Bertz CT molecular complexity index is 5050. The molecule has 0 unspecified atom stereocenters. The van der Waals surface area contributed by atoms with Gasteiger partial charge in [-0.1, -0.05) is 298 Å². The quantitative estimate of drug-likeness (QED) is 0.0125. The zero-order valence-electron chi connectivity index (χ0n) is 88.9. The minimum absolute atomic E-state index is 0. The van der Waals surface area contributed by atoms with Crippen LogP contribution in [0.5, 0.6) is 0 Å². The van der Waals surface area contributed by atoms with Gasteiger partial charge in [0.15, 0.2) is 5.78 Å². The van der Waals surface area contributed by atoms with Gasteiger partial charge in [-0.15, -0.1) is 46.7 Å². The molecule has 2 heterocycles. The molecule has 29 heteroatoms. The van der Waals surface area contributed by atoms with Crippen LogP contribution in [0.15, 0.2) is 253 Å². The van der Waals surface area contributed by atoms with E-state index in [2.05, 4.69) is 223 Å². The molecule has 0 radical (unpaired) electrons. The number of hydrogen-bond acceptors (Lipinski definition) is 18. The summed E-state index contributed by atoms with van der Waals surface area (Å²) >= 11 is 7.41. The summed E-state index contributed by atoms with van der Waals surface area (Å²) in [6.07, 6.45) is 12.2. The van der Waals surface area contributed by atoms with Crippen LogP contribution in [0.4, 0.5) is 24.0 Å². The SMILES string of the molecule is CC(C)(C)OC(=O)N[C@H](CC[C@@H](N)Cc1ccccc1)Cc1ccccc1.CC(C)(C)OC(=O)N[C@H](CC[C@@H](N)Cc1ccccc1)Cc1ccccc1.CC(C)c1nc(CN(C)C(=O)N[C@H](C(=O)C[C@H](CC[C@H](Cc2ccccc2)NC(=O)OC(C)(C)C)Cc2ccccc2)C(C)C)cs1.CC(C)c1nc(CN(C)C(=O)N[C@H](C(=O)O)C(C)C)cs1.I.II.N[C@H](CC[C@@H](N)Cc1ccccc1)Cc1ccccc1. The number of carbonyl (C=O) groups excluding carboxylic acids is 6. The average Bonchev–Trinajstić information content (AvgIpc) is 1.80. The number of amides is 7. The number of ether oxygens (including phenoxy) is 3. The Labute approximate surface area is 914 Å². The fourth-order valence-corrected chi connectivity index (χ4v) is 17.4. The first-order valence-electron chi connectivity index (χ1n) is 50.4. The summed E-state index contributed by atoms with van der Waals surface area (Å²) in [5, 5.41) is 29.8. The molecule has 8 aromatic carbocycles. The molecule has 2 aromatic heterocycles. The largest absolute Gasteiger partial charge is 0.480 e. The van der Waals surface area contributed by atoms with E-state index in [1.807, 2.05) is 208 Å². The summed E-state index contributed by atoms with van der Waals surface area (Å²) in [7, 11) is 3.36. The number of aliphatic carboxylic acids is 1. The number of alkyl carbamates (subject to hydrolysis) is 3. The molecule has 0 saturated heterocycles. The maximum atomic E-state index is 13.9. The molecule has 794 valence electrons. The first-order valence-corrected chi connectivity index (χ1v) is 58.5. The number of urea groups is 2. The summed E-state index contributed by atoms with van der Waals surface area (Å²) in [6, 6.07) is 80.1. The van der Waals surface area contributed by atoms with Crippen LogP contribution in [0.25, 0.3) is 0 Å². The zero-order valence-corrected chi connectivity index (χ0v) is 97.2. The van der Waals surface area contributed by atoms with Gasteiger partial charge < -0.3 is 78.6 Å². The van der Waals surface area contributed by atoms with Crippen molar-refractivity contribution in [3.8, 4) is 0 Å². The van der Waals surface area contributed by atoms with Crippen LogP contribution < -0.4 is 49.5 Å². The second-order valence-electron chi connectivity index (χ2n) is 41.5. The monoisotopic (exact) mass is 2360 g/mol. The Morgan fingerprint density at radius 2 is 0.572 bits per heavy atom. The molecule has 10 aromatic rings. The van der Waals surface area contributed by atoms with Crippen molar-refractivity contribution in [2.45, 2.75) is 323 Å². The third-order valence-corrected chi connectivity index (χ3v) is 25.5. The number of hydrogen-bond donors (Lipinski definition) is 10. The van der Waals surface area contributed by atoms with Crippen molar-refractivity contribution in [2.75, 3.05) is 14.1 Å². The van der Waals surface area contributed by atoms with Gasteiger partial charge in [0, 0.05) is 123 Å². The maximum Gasteiger partial charge on any atom is 0.407 e.